The third-order valence-electron chi connectivity index (χ3n) is 4.25. The number of thiazole rings is 1. The number of hydrogen-bond donors (Lipinski definition) is 1. The van der Waals surface area contributed by atoms with E-state index in [1.165, 1.54) is 5.56 Å². The second kappa shape index (κ2) is 7.56. The lowest BCUT2D eigenvalue weighted by atomic mass is 10.1. The maximum atomic E-state index is 6.27. The molecular weight excluding hydrogens is 350 g/mol. The standard InChI is InChI=1S/C23H19N3S/c1-16-12-14-19(15-13-16)22-25-20(17-8-4-2-5-9-17)23(27-22)26-21(24)18-10-6-3-7-11-18/h2-15H,1H3,(H2,24,26). The first-order valence-corrected chi connectivity index (χ1v) is 9.55. The molecule has 0 bridgehead atoms. The Morgan fingerprint density at radius 2 is 1.44 bits per heavy atom. The zero-order valence-electron chi connectivity index (χ0n) is 15.0. The van der Waals surface area contributed by atoms with Crippen LogP contribution in [0.3, 0.4) is 0 Å². The molecule has 0 saturated heterocycles. The molecule has 0 radical (unpaired) electrons. The summed E-state index contributed by atoms with van der Waals surface area (Å²) in [6, 6.07) is 28.3. The molecule has 4 aromatic rings. The van der Waals surface area contributed by atoms with Crippen molar-refractivity contribution in [3.05, 3.63) is 96.1 Å². The molecule has 0 fully saturated rings. The van der Waals surface area contributed by atoms with Gasteiger partial charge in [-0.2, -0.15) is 0 Å². The average Bonchev–Trinajstić information content (AvgIpc) is 3.13. The molecule has 0 aliphatic carbocycles. The minimum Gasteiger partial charge on any atom is -0.383 e. The SMILES string of the molecule is Cc1ccc(-c2nc(-c3ccccc3)c(/N=C(\N)c3ccccc3)s2)cc1. The number of aromatic nitrogens is 1. The zero-order chi connectivity index (χ0) is 18.6. The summed E-state index contributed by atoms with van der Waals surface area (Å²) in [5.41, 5.74) is 11.4. The lowest BCUT2D eigenvalue weighted by molar-refractivity contribution is 1.37. The Labute approximate surface area is 162 Å². The maximum absolute atomic E-state index is 6.27. The monoisotopic (exact) mass is 369 g/mol. The Kier molecular flexibility index (Phi) is 4.81. The van der Waals surface area contributed by atoms with Gasteiger partial charge in [0.05, 0.1) is 0 Å². The first-order valence-electron chi connectivity index (χ1n) is 8.73. The van der Waals surface area contributed by atoms with E-state index in [1.807, 2.05) is 60.7 Å². The Morgan fingerprint density at radius 3 is 2.11 bits per heavy atom. The van der Waals surface area contributed by atoms with Crippen LogP contribution >= 0.6 is 11.3 Å². The van der Waals surface area contributed by atoms with Crippen molar-refractivity contribution in [1.82, 2.24) is 4.98 Å². The van der Waals surface area contributed by atoms with Crippen LogP contribution in [0, 0.1) is 6.92 Å². The summed E-state index contributed by atoms with van der Waals surface area (Å²) in [6.45, 7) is 2.08. The summed E-state index contributed by atoms with van der Waals surface area (Å²) in [5.74, 6) is 0.492. The van der Waals surface area contributed by atoms with Crippen LogP contribution in [0.15, 0.2) is 89.9 Å². The summed E-state index contributed by atoms with van der Waals surface area (Å²) in [6.07, 6.45) is 0. The number of hydrogen-bond acceptors (Lipinski definition) is 3. The van der Waals surface area contributed by atoms with Crippen molar-refractivity contribution in [2.45, 2.75) is 6.92 Å². The van der Waals surface area contributed by atoms with Crippen LogP contribution in [-0.2, 0) is 0 Å². The predicted molar refractivity (Wildman–Crippen MR) is 115 cm³/mol. The van der Waals surface area contributed by atoms with Crippen molar-refractivity contribution in [3.63, 3.8) is 0 Å². The largest absolute Gasteiger partial charge is 0.383 e. The van der Waals surface area contributed by atoms with Crippen molar-refractivity contribution in [1.29, 1.82) is 0 Å². The van der Waals surface area contributed by atoms with Gasteiger partial charge in [0, 0.05) is 16.7 Å². The topological polar surface area (TPSA) is 51.3 Å². The van der Waals surface area contributed by atoms with Crippen LogP contribution in [-0.4, -0.2) is 10.8 Å². The molecule has 0 aliphatic heterocycles. The van der Waals surface area contributed by atoms with Gasteiger partial charge in [-0.1, -0.05) is 102 Å². The molecule has 0 spiro atoms. The Bertz CT molecular complexity index is 1070. The molecule has 4 rings (SSSR count). The fourth-order valence-electron chi connectivity index (χ4n) is 2.77. The molecule has 1 aromatic heterocycles. The highest BCUT2D eigenvalue weighted by atomic mass is 32.1. The lowest BCUT2D eigenvalue weighted by Crippen LogP contribution is -2.12. The van der Waals surface area contributed by atoms with Gasteiger partial charge in [0.15, 0.2) is 0 Å². The molecule has 3 nitrogen and oxygen atoms in total. The number of aryl methyl sites for hydroxylation is 1. The summed E-state index contributed by atoms with van der Waals surface area (Å²) < 4.78 is 0. The van der Waals surface area contributed by atoms with Crippen LogP contribution in [0.25, 0.3) is 21.8 Å². The number of nitrogens with two attached hydrogens (primary N) is 1. The van der Waals surface area contributed by atoms with Crippen LogP contribution in [0.2, 0.25) is 0 Å². The quantitative estimate of drug-likeness (QED) is 0.364. The van der Waals surface area contributed by atoms with E-state index in [0.717, 1.165) is 32.4 Å². The van der Waals surface area contributed by atoms with Crippen LogP contribution in [0.5, 0.6) is 0 Å². The third-order valence-corrected chi connectivity index (χ3v) is 5.24. The normalized spacial score (nSPS) is 11.5. The number of benzene rings is 3. The summed E-state index contributed by atoms with van der Waals surface area (Å²) >= 11 is 1.56. The number of nitrogens with zero attached hydrogens (tertiary/aromatic N) is 2. The molecule has 27 heavy (non-hydrogen) atoms. The molecule has 0 unspecified atom stereocenters. The molecule has 0 atom stereocenters. The van der Waals surface area contributed by atoms with Gasteiger partial charge >= 0.3 is 0 Å². The number of amidine groups is 1. The smallest absolute Gasteiger partial charge is 0.146 e. The maximum Gasteiger partial charge on any atom is 0.146 e. The third kappa shape index (κ3) is 3.81. The van der Waals surface area contributed by atoms with E-state index >= 15 is 0 Å². The number of rotatable bonds is 4. The molecular formula is C23H19N3S. The van der Waals surface area contributed by atoms with Crippen molar-refractivity contribution in [3.8, 4) is 21.8 Å². The second-order valence-electron chi connectivity index (χ2n) is 6.27. The van der Waals surface area contributed by atoms with E-state index in [-0.39, 0.29) is 0 Å². The molecule has 0 saturated carbocycles. The van der Waals surface area contributed by atoms with E-state index in [0.29, 0.717) is 5.84 Å². The van der Waals surface area contributed by atoms with Gasteiger partial charge in [0.1, 0.15) is 21.5 Å². The van der Waals surface area contributed by atoms with Crippen molar-refractivity contribution in [2.75, 3.05) is 0 Å². The fraction of sp³-hybridized carbons (Fsp3) is 0.0435. The fourth-order valence-corrected chi connectivity index (χ4v) is 3.75. The first kappa shape index (κ1) is 17.2. The van der Waals surface area contributed by atoms with Crippen molar-refractivity contribution < 1.29 is 0 Å². The van der Waals surface area contributed by atoms with Crippen LogP contribution < -0.4 is 5.73 Å². The van der Waals surface area contributed by atoms with Gasteiger partial charge in [0.2, 0.25) is 0 Å². The summed E-state index contributed by atoms with van der Waals surface area (Å²) in [7, 11) is 0. The Morgan fingerprint density at radius 1 is 0.815 bits per heavy atom. The number of aliphatic imine (C=N–C) groups is 1. The van der Waals surface area contributed by atoms with Crippen LogP contribution in [0.4, 0.5) is 5.00 Å². The molecule has 0 aliphatic rings. The van der Waals surface area contributed by atoms with Crippen molar-refractivity contribution in [2.24, 2.45) is 10.7 Å². The summed E-state index contributed by atoms with van der Waals surface area (Å²) in [5, 5.41) is 1.76. The Hall–Kier alpha value is -3.24. The van der Waals surface area contributed by atoms with Gasteiger partial charge in [-0.05, 0) is 6.92 Å². The highest BCUT2D eigenvalue weighted by molar-refractivity contribution is 7.19. The molecule has 3 aromatic carbocycles. The average molecular weight is 369 g/mol. The highest BCUT2D eigenvalue weighted by Gasteiger charge is 2.15. The minimum absolute atomic E-state index is 0.492. The lowest BCUT2D eigenvalue weighted by Gasteiger charge is -2.01. The van der Waals surface area contributed by atoms with Gasteiger partial charge in [-0.3, -0.25) is 0 Å². The first-order chi connectivity index (χ1) is 13.2. The molecule has 132 valence electrons. The molecule has 2 N–H and O–H groups in total. The Balaban J connectivity index is 1.83. The summed E-state index contributed by atoms with van der Waals surface area (Å²) in [4.78, 5) is 9.60. The van der Waals surface area contributed by atoms with E-state index in [9.17, 15) is 0 Å². The zero-order valence-corrected chi connectivity index (χ0v) is 15.8. The van der Waals surface area contributed by atoms with E-state index in [4.69, 9.17) is 15.7 Å². The second-order valence-corrected chi connectivity index (χ2v) is 7.25. The predicted octanol–water partition coefficient (Wildman–Crippen LogP) is 5.82. The molecule has 4 heteroatoms. The highest BCUT2D eigenvalue weighted by Crippen LogP contribution is 2.40. The minimum atomic E-state index is 0.492. The van der Waals surface area contributed by atoms with Gasteiger partial charge < -0.3 is 5.73 Å². The van der Waals surface area contributed by atoms with Crippen LogP contribution in [0.1, 0.15) is 11.1 Å². The molecule has 1 heterocycles. The van der Waals surface area contributed by atoms with Gasteiger partial charge in [-0.25, -0.2) is 9.98 Å². The van der Waals surface area contributed by atoms with Gasteiger partial charge in [-0.15, -0.1) is 0 Å². The van der Waals surface area contributed by atoms with Gasteiger partial charge in [0.25, 0.3) is 0 Å². The molecule has 0 amide bonds. The van der Waals surface area contributed by atoms with E-state index in [2.05, 4.69) is 31.2 Å². The van der Waals surface area contributed by atoms with E-state index in [1.54, 1.807) is 11.3 Å². The van der Waals surface area contributed by atoms with Crippen molar-refractivity contribution >= 4 is 22.2 Å². The van der Waals surface area contributed by atoms with E-state index < -0.39 is 0 Å².